The molecular weight excluding hydrogens is 312 g/mol. The van der Waals surface area contributed by atoms with Crippen molar-refractivity contribution < 1.29 is 13.2 Å². The van der Waals surface area contributed by atoms with Crippen LogP contribution in [0.4, 0.5) is 0 Å². The summed E-state index contributed by atoms with van der Waals surface area (Å²) in [6.45, 7) is 4.99. The van der Waals surface area contributed by atoms with Crippen molar-refractivity contribution in [1.29, 1.82) is 0 Å². The predicted molar refractivity (Wildman–Crippen MR) is 90.0 cm³/mol. The normalized spacial score (nSPS) is 30.3. The fourth-order valence-electron chi connectivity index (χ4n) is 3.97. The number of fused-ring (bicyclic) bond motifs is 3. The van der Waals surface area contributed by atoms with Crippen LogP contribution in [-0.2, 0) is 10.0 Å². The standard InChI is InChI=1S/C17H26N2O3S/c1-3-13-12-19-9-8-14(13)10-15(19)11-18-23(20,21)17-6-4-16(22-2)5-7-17/h4-7,13-15,18H,3,8-12H2,1-2H3/t13-,14-,15+/m0/s1. The zero-order chi connectivity index (χ0) is 16.4. The molecule has 1 N–H and O–H groups in total. The van der Waals surface area contributed by atoms with Gasteiger partial charge in [0.1, 0.15) is 5.75 Å². The highest BCUT2D eigenvalue weighted by Gasteiger charge is 2.39. The Bertz CT molecular complexity index is 630. The third kappa shape index (κ3) is 3.54. The first-order valence-electron chi connectivity index (χ1n) is 8.41. The number of hydrogen-bond acceptors (Lipinski definition) is 4. The Morgan fingerprint density at radius 3 is 2.61 bits per heavy atom. The minimum Gasteiger partial charge on any atom is -0.497 e. The van der Waals surface area contributed by atoms with Crippen molar-refractivity contribution in [1.82, 2.24) is 9.62 Å². The van der Waals surface area contributed by atoms with E-state index in [1.807, 2.05) is 0 Å². The van der Waals surface area contributed by atoms with Crippen LogP contribution in [0.5, 0.6) is 5.75 Å². The van der Waals surface area contributed by atoms with Gasteiger partial charge in [0.2, 0.25) is 10.0 Å². The summed E-state index contributed by atoms with van der Waals surface area (Å²) in [6, 6.07) is 6.85. The number of rotatable bonds is 6. The molecule has 0 aliphatic carbocycles. The second kappa shape index (κ2) is 6.79. The maximum absolute atomic E-state index is 12.4. The largest absolute Gasteiger partial charge is 0.497 e. The Kier molecular flexibility index (Phi) is 4.94. The second-order valence-corrected chi connectivity index (χ2v) is 8.40. The average molecular weight is 338 g/mol. The zero-order valence-corrected chi connectivity index (χ0v) is 14.7. The van der Waals surface area contributed by atoms with Crippen LogP contribution < -0.4 is 9.46 Å². The topological polar surface area (TPSA) is 58.6 Å². The van der Waals surface area contributed by atoms with E-state index in [0.29, 0.717) is 23.2 Å². The van der Waals surface area contributed by atoms with E-state index in [9.17, 15) is 8.42 Å². The van der Waals surface area contributed by atoms with Gasteiger partial charge in [-0.25, -0.2) is 13.1 Å². The minimum absolute atomic E-state index is 0.292. The van der Waals surface area contributed by atoms with Gasteiger partial charge in [-0.3, -0.25) is 4.90 Å². The van der Waals surface area contributed by atoms with Crippen molar-refractivity contribution in [2.45, 2.75) is 37.1 Å². The summed E-state index contributed by atoms with van der Waals surface area (Å²) in [5.41, 5.74) is 0. The molecule has 1 aromatic rings. The van der Waals surface area contributed by atoms with E-state index >= 15 is 0 Å². The van der Waals surface area contributed by atoms with Gasteiger partial charge in [0.05, 0.1) is 12.0 Å². The number of hydrogen-bond donors (Lipinski definition) is 1. The summed E-state index contributed by atoms with van der Waals surface area (Å²) in [5.74, 6) is 2.21. The molecule has 6 heteroatoms. The molecule has 3 heterocycles. The van der Waals surface area contributed by atoms with Gasteiger partial charge in [0.25, 0.3) is 0 Å². The average Bonchev–Trinajstić information content (AvgIpc) is 2.60. The Hall–Kier alpha value is -1.11. The predicted octanol–water partition coefficient (Wildman–Crippen LogP) is 2.09. The first kappa shape index (κ1) is 16.7. The van der Waals surface area contributed by atoms with Gasteiger partial charge in [-0.05, 0) is 55.5 Å². The molecule has 3 aliphatic heterocycles. The summed E-state index contributed by atoms with van der Waals surface area (Å²) >= 11 is 0. The highest BCUT2D eigenvalue weighted by molar-refractivity contribution is 7.89. The molecule has 0 spiro atoms. The molecule has 128 valence electrons. The molecule has 1 unspecified atom stereocenters. The Morgan fingerprint density at radius 1 is 1.30 bits per heavy atom. The molecule has 0 saturated carbocycles. The number of methoxy groups -OCH3 is 1. The second-order valence-electron chi connectivity index (χ2n) is 6.63. The van der Waals surface area contributed by atoms with Crippen molar-refractivity contribution >= 4 is 10.0 Å². The van der Waals surface area contributed by atoms with Crippen molar-refractivity contribution in [3.63, 3.8) is 0 Å². The van der Waals surface area contributed by atoms with Gasteiger partial charge in [0, 0.05) is 19.1 Å². The van der Waals surface area contributed by atoms with Crippen LogP contribution in [-0.4, -0.2) is 46.1 Å². The van der Waals surface area contributed by atoms with Crippen LogP contribution in [0.15, 0.2) is 29.2 Å². The number of sulfonamides is 1. The van der Waals surface area contributed by atoms with E-state index in [0.717, 1.165) is 31.3 Å². The molecule has 2 bridgehead atoms. The zero-order valence-electron chi connectivity index (χ0n) is 13.9. The van der Waals surface area contributed by atoms with Gasteiger partial charge in [-0.15, -0.1) is 0 Å². The number of ether oxygens (including phenoxy) is 1. The highest BCUT2D eigenvalue weighted by atomic mass is 32.2. The lowest BCUT2D eigenvalue weighted by Crippen LogP contribution is -2.56. The Morgan fingerprint density at radius 2 is 2.04 bits per heavy atom. The molecule has 3 fully saturated rings. The van der Waals surface area contributed by atoms with E-state index < -0.39 is 10.0 Å². The van der Waals surface area contributed by atoms with E-state index in [4.69, 9.17) is 4.74 Å². The van der Waals surface area contributed by atoms with Gasteiger partial charge in [-0.1, -0.05) is 13.3 Å². The van der Waals surface area contributed by atoms with Crippen molar-refractivity contribution in [3.8, 4) is 5.75 Å². The van der Waals surface area contributed by atoms with Crippen LogP contribution >= 0.6 is 0 Å². The van der Waals surface area contributed by atoms with E-state index in [1.54, 1.807) is 31.4 Å². The van der Waals surface area contributed by atoms with Crippen LogP contribution in [0.3, 0.4) is 0 Å². The third-order valence-corrected chi connectivity index (χ3v) is 6.86. The molecular formula is C17H26N2O3S. The van der Waals surface area contributed by atoms with Crippen LogP contribution in [0.2, 0.25) is 0 Å². The molecule has 4 atom stereocenters. The van der Waals surface area contributed by atoms with Crippen molar-refractivity contribution in [2.75, 3.05) is 26.7 Å². The summed E-state index contributed by atoms with van der Waals surface area (Å²) in [4.78, 5) is 2.76. The lowest BCUT2D eigenvalue weighted by Gasteiger charge is -2.49. The number of nitrogens with one attached hydrogen (secondary N) is 1. The number of piperidine rings is 3. The van der Waals surface area contributed by atoms with Crippen molar-refractivity contribution in [2.24, 2.45) is 11.8 Å². The Labute approximate surface area is 139 Å². The summed E-state index contributed by atoms with van der Waals surface area (Å²) < 4.78 is 32.7. The first-order valence-corrected chi connectivity index (χ1v) is 9.89. The summed E-state index contributed by atoms with van der Waals surface area (Å²) in [5, 5.41) is 0. The fourth-order valence-corrected chi connectivity index (χ4v) is 5.04. The minimum atomic E-state index is -3.45. The maximum Gasteiger partial charge on any atom is 0.240 e. The number of nitrogens with zero attached hydrogens (tertiary/aromatic N) is 1. The molecule has 1 aromatic carbocycles. The van der Waals surface area contributed by atoms with Crippen LogP contribution in [0.25, 0.3) is 0 Å². The molecule has 0 aromatic heterocycles. The summed E-state index contributed by atoms with van der Waals surface area (Å²) in [7, 11) is -1.89. The van der Waals surface area contributed by atoms with E-state index in [-0.39, 0.29) is 0 Å². The molecule has 23 heavy (non-hydrogen) atoms. The van der Waals surface area contributed by atoms with Gasteiger partial charge < -0.3 is 4.74 Å². The maximum atomic E-state index is 12.4. The molecule has 0 radical (unpaired) electrons. The lowest BCUT2D eigenvalue weighted by molar-refractivity contribution is 0.00236. The third-order valence-electron chi connectivity index (χ3n) is 5.42. The number of benzene rings is 1. The lowest BCUT2D eigenvalue weighted by atomic mass is 9.74. The summed E-state index contributed by atoms with van der Waals surface area (Å²) in [6.07, 6.45) is 3.61. The van der Waals surface area contributed by atoms with Crippen LogP contribution in [0, 0.1) is 11.8 Å². The molecule has 0 amide bonds. The molecule has 3 aliphatic rings. The molecule has 3 saturated heterocycles. The monoisotopic (exact) mass is 338 g/mol. The Balaban J connectivity index is 1.61. The van der Waals surface area contributed by atoms with Crippen molar-refractivity contribution in [3.05, 3.63) is 24.3 Å². The highest BCUT2D eigenvalue weighted by Crippen LogP contribution is 2.37. The SMILES string of the molecule is CC[C@H]1CN2CC[C@H]1C[C@@H]2CNS(=O)(=O)c1ccc(OC)cc1. The van der Waals surface area contributed by atoms with Gasteiger partial charge >= 0.3 is 0 Å². The van der Waals surface area contributed by atoms with Gasteiger partial charge in [-0.2, -0.15) is 0 Å². The molecule has 5 nitrogen and oxygen atoms in total. The fraction of sp³-hybridized carbons (Fsp3) is 0.647. The van der Waals surface area contributed by atoms with Gasteiger partial charge in [0.15, 0.2) is 0 Å². The first-order chi connectivity index (χ1) is 11.0. The van der Waals surface area contributed by atoms with Crippen LogP contribution in [0.1, 0.15) is 26.2 Å². The molecule has 4 rings (SSSR count). The smallest absolute Gasteiger partial charge is 0.240 e. The van der Waals surface area contributed by atoms with E-state index in [2.05, 4.69) is 16.5 Å². The quantitative estimate of drug-likeness (QED) is 0.863. The van der Waals surface area contributed by atoms with E-state index in [1.165, 1.54) is 12.8 Å².